The Labute approximate surface area is 180 Å². The van der Waals surface area contributed by atoms with Crippen molar-refractivity contribution in [2.24, 2.45) is 0 Å². The van der Waals surface area contributed by atoms with Crippen molar-refractivity contribution in [1.82, 2.24) is 10.2 Å². The number of likely N-dealkylation sites (tertiary alicyclic amines) is 1. The number of nitrogens with zero attached hydrogens (tertiary/aromatic N) is 1. The summed E-state index contributed by atoms with van der Waals surface area (Å²) >= 11 is 6.45. The van der Waals surface area contributed by atoms with Gasteiger partial charge in [-0.15, -0.1) is 0 Å². The number of halogens is 1. The Balaban J connectivity index is 1.43. The molecular weight excluding hydrogens is 400 g/mol. The van der Waals surface area contributed by atoms with Crippen LogP contribution in [-0.2, 0) is 6.54 Å². The molecule has 0 unspecified atom stereocenters. The molecule has 154 valence electrons. The second kappa shape index (κ2) is 7.49. The maximum absolute atomic E-state index is 13.0. The molecule has 3 aromatic carbocycles. The van der Waals surface area contributed by atoms with Crippen LogP contribution in [0.2, 0.25) is 5.02 Å². The summed E-state index contributed by atoms with van der Waals surface area (Å²) in [6.07, 6.45) is 1.44. The van der Waals surface area contributed by atoms with Gasteiger partial charge in [-0.1, -0.05) is 41.9 Å². The van der Waals surface area contributed by atoms with Gasteiger partial charge in [0, 0.05) is 48.3 Å². The zero-order chi connectivity index (χ0) is 20.7. The molecule has 5 nitrogen and oxygen atoms in total. The molecule has 0 atom stereocenters. The van der Waals surface area contributed by atoms with Gasteiger partial charge >= 0.3 is 0 Å². The molecule has 0 aliphatic carbocycles. The number of ether oxygens (including phenoxy) is 2. The molecule has 0 radical (unpaired) electrons. The van der Waals surface area contributed by atoms with Gasteiger partial charge in [-0.3, -0.25) is 9.69 Å². The van der Waals surface area contributed by atoms with Crippen LogP contribution in [0.3, 0.4) is 0 Å². The molecule has 2 heterocycles. The average molecular weight is 423 g/mol. The summed E-state index contributed by atoms with van der Waals surface area (Å²) in [5.74, 6) is 1.15. The maximum atomic E-state index is 13.0. The van der Waals surface area contributed by atoms with E-state index in [0.717, 1.165) is 43.2 Å². The molecule has 5 rings (SSSR count). The molecule has 1 amide bonds. The highest BCUT2D eigenvalue weighted by atomic mass is 35.5. The van der Waals surface area contributed by atoms with Crippen LogP contribution in [0.1, 0.15) is 28.8 Å². The number of rotatable bonds is 3. The van der Waals surface area contributed by atoms with Gasteiger partial charge in [0.05, 0.1) is 12.7 Å². The second-order valence-corrected chi connectivity index (χ2v) is 8.37. The zero-order valence-electron chi connectivity index (χ0n) is 16.8. The summed E-state index contributed by atoms with van der Waals surface area (Å²) in [5.41, 5.74) is 1.07. The summed E-state index contributed by atoms with van der Waals surface area (Å²) in [7, 11) is 1.62. The van der Waals surface area contributed by atoms with Crippen molar-refractivity contribution in [3.63, 3.8) is 0 Å². The highest BCUT2D eigenvalue weighted by Gasteiger charge is 2.43. The lowest BCUT2D eigenvalue weighted by Crippen LogP contribution is -2.61. The fourth-order valence-corrected chi connectivity index (χ4v) is 4.65. The molecule has 2 aliphatic heterocycles. The Morgan fingerprint density at radius 2 is 1.87 bits per heavy atom. The normalized spacial score (nSPS) is 18.0. The lowest BCUT2D eigenvalue weighted by Gasteiger charge is -2.45. The van der Waals surface area contributed by atoms with Crippen LogP contribution in [0.4, 0.5) is 0 Å². The summed E-state index contributed by atoms with van der Waals surface area (Å²) < 4.78 is 11.9. The molecule has 30 heavy (non-hydrogen) atoms. The lowest BCUT2D eigenvalue weighted by molar-refractivity contribution is -0.0293. The molecule has 1 saturated heterocycles. The first-order chi connectivity index (χ1) is 14.6. The topological polar surface area (TPSA) is 50.8 Å². The number of amides is 1. The molecule has 1 fully saturated rings. The van der Waals surface area contributed by atoms with Crippen molar-refractivity contribution < 1.29 is 14.3 Å². The largest absolute Gasteiger partial charge is 0.497 e. The smallest absolute Gasteiger partial charge is 0.258 e. The number of piperidine rings is 1. The number of hydrogen-bond donors (Lipinski definition) is 1. The van der Waals surface area contributed by atoms with E-state index < -0.39 is 5.72 Å². The monoisotopic (exact) mass is 422 g/mol. The molecular formula is C24H23ClN2O3. The fourth-order valence-electron chi connectivity index (χ4n) is 4.38. The SMILES string of the molecule is COc1ccc2c(Cl)cc3c(c2c1)OC1(CCN(Cc2ccccc2)CC1)NC3=O. The van der Waals surface area contributed by atoms with Crippen molar-refractivity contribution in [1.29, 1.82) is 0 Å². The number of methoxy groups -OCH3 is 1. The third-order valence-corrected chi connectivity index (χ3v) is 6.35. The number of hydrogen-bond acceptors (Lipinski definition) is 4. The Bertz CT molecular complexity index is 1110. The van der Waals surface area contributed by atoms with Crippen LogP contribution in [0.5, 0.6) is 11.5 Å². The van der Waals surface area contributed by atoms with Crippen molar-refractivity contribution in [3.8, 4) is 11.5 Å². The quantitative estimate of drug-likeness (QED) is 0.669. The second-order valence-electron chi connectivity index (χ2n) is 7.96. The number of fused-ring (bicyclic) bond motifs is 3. The molecule has 0 aromatic heterocycles. The van der Waals surface area contributed by atoms with E-state index >= 15 is 0 Å². The minimum absolute atomic E-state index is 0.139. The van der Waals surface area contributed by atoms with Crippen molar-refractivity contribution in [3.05, 3.63) is 70.7 Å². The van der Waals surface area contributed by atoms with E-state index in [1.54, 1.807) is 13.2 Å². The van der Waals surface area contributed by atoms with Gasteiger partial charge in [-0.2, -0.15) is 0 Å². The van der Waals surface area contributed by atoms with E-state index in [1.807, 2.05) is 24.3 Å². The van der Waals surface area contributed by atoms with Gasteiger partial charge in [0.2, 0.25) is 0 Å². The van der Waals surface area contributed by atoms with Gasteiger partial charge in [-0.25, -0.2) is 0 Å². The van der Waals surface area contributed by atoms with Gasteiger partial charge in [0.15, 0.2) is 5.72 Å². The lowest BCUT2D eigenvalue weighted by atomic mass is 9.95. The van der Waals surface area contributed by atoms with Gasteiger partial charge in [-0.05, 0) is 29.8 Å². The van der Waals surface area contributed by atoms with Crippen molar-refractivity contribution >= 4 is 28.3 Å². The van der Waals surface area contributed by atoms with E-state index in [0.29, 0.717) is 22.1 Å². The van der Waals surface area contributed by atoms with Gasteiger partial charge in [0.25, 0.3) is 5.91 Å². The predicted octanol–water partition coefficient (Wildman–Crippen LogP) is 4.62. The summed E-state index contributed by atoms with van der Waals surface area (Å²) in [6, 6.07) is 17.8. The van der Waals surface area contributed by atoms with Gasteiger partial charge in [0.1, 0.15) is 11.5 Å². The Morgan fingerprint density at radius 1 is 1.10 bits per heavy atom. The highest BCUT2D eigenvalue weighted by molar-refractivity contribution is 6.36. The number of nitrogens with one attached hydrogen (secondary N) is 1. The van der Waals surface area contributed by atoms with Crippen LogP contribution in [-0.4, -0.2) is 36.7 Å². The Kier molecular flexibility index (Phi) is 4.80. The van der Waals surface area contributed by atoms with Crippen LogP contribution in [0.25, 0.3) is 10.8 Å². The number of carbonyl (C=O) groups excluding carboxylic acids is 1. The van der Waals surface area contributed by atoms with E-state index in [1.165, 1.54) is 5.56 Å². The molecule has 1 N–H and O–H groups in total. The minimum atomic E-state index is -0.693. The Hall–Kier alpha value is -2.76. The van der Waals surface area contributed by atoms with Crippen LogP contribution >= 0.6 is 11.6 Å². The zero-order valence-corrected chi connectivity index (χ0v) is 17.5. The first kappa shape index (κ1) is 19.2. The maximum Gasteiger partial charge on any atom is 0.258 e. The van der Waals surface area contributed by atoms with Crippen LogP contribution in [0, 0.1) is 0 Å². The summed E-state index contributed by atoms with van der Waals surface area (Å²) in [5, 5.41) is 5.29. The first-order valence-corrected chi connectivity index (χ1v) is 10.5. The summed E-state index contributed by atoms with van der Waals surface area (Å²) in [6.45, 7) is 2.59. The first-order valence-electron chi connectivity index (χ1n) is 10.1. The van der Waals surface area contributed by atoms with Crippen molar-refractivity contribution in [2.75, 3.05) is 20.2 Å². The number of carbonyl (C=O) groups is 1. The van der Waals surface area contributed by atoms with Crippen molar-refractivity contribution in [2.45, 2.75) is 25.1 Å². The molecule has 2 aliphatic rings. The van der Waals surface area contributed by atoms with Crippen LogP contribution < -0.4 is 14.8 Å². The molecule has 1 spiro atoms. The van der Waals surface area contributed by atoms with E-state index in [-0.39, 0.29) is 5.91 Å². The third kappa shape index (κ3) is 3.38. The standard InChI is InChI=1S/C24H23ClN2O3/c1-29-17-7-8-18-19(13-17)22-20(14-21(18)25)23(28)26-24(30-22)9-11-27(12-10-24)15-16-5-3-2-4-6-16/h2-8,13-14H,9-12,15H2,1H3,(H,26,28). The predicted molar refractivity (Wildman–Crippen MR) is 117 cm³/mol. The third-order valence-electron chi connectivity index (χ3n) is 6.04. The molecule has 3 aromatic rings. The molecule has 0 saturated carbocycles. The minimum Gasteiger partial charge on any atom is -0.497 e. The summed E-state index contributed by atoms with van der Waals surface area (Å²) in [4.78, 5) is 15.4. The van der Waals surface area contributed by atoms with Gasteiger partial charge < -0.3 is 14.8 Å². The highest BCUT2D eigenvalue weighted by Crippen LogP contribution is 2.42. The van der Waals surface area contributed by atoms with E-state index in [9.17, 15) is 4.79 Å². The van der Waals surface area contributed by atoms with E-state index in [4.69, 9.17) is 21.1 Å². The average Bonchev–Trinajstić information content (AvgIpc) is 2.77. The molecule has 0 bridgehead atoms. The number of benzene rings is 3. The van der Waals surface area contributed by atoms with E-state index in [2.05, 4.69) is 34.5 Å². The fraction of sp³-hybridized carbons (Fsp3) is 0.292. The Morgan fingerprint density at radius 3 is 2.60 bits per heavy atom. The van der Waals surface area contributed by atoms with Crippen LogP contribution in [0.15, 0.2) is 54.6 Å². The molecule has 6 heteroatoms.